The van der Waals surface area contributed by atoms with Gasteiger partial charge < -0.3 is 10.4 Å². The Labute approximate surface area is 114 Å². The van der Waals surface area contributed by atoms with Crippen LogP contribution in [0.4, 0.5) is 0 Å². The lowest BCUT2D eigenvalue weighted by Crippen LogP contribution is -2.25. The number of benzene rings is 2. The maximum atomic E-state index is 10.4. The van der Waals surface area contributed by atoms with Crippen molar-refractivity contribution in [1.29, 1.82) is 0 Å². The quantitative estimate of drug-likeness (QED) is 0.865. The zero-order valence-corrected chi connectivity index (χ0v) is 11.6. The molecule has 0 heterocycles. The number of phenols is 1. The van der Waals surface area contributed by atoms with Gasteiger partial charge in [-0.2, -0.15) is 0 Å². The molecule has 2 aromatic rings. The van der Waals surface area contributed by atoms with Crippen LogP contribution >= 0.6 is 0 Å². The predicted molar refractivity (Wildman–Crippen MR) is 79.4 cm³/mol. The van der Waals surface area contributed by atoms with Crippen LogP contribution < -0.4 is 5.32 Å². The van der Waals surface area contributed by atoms with Gasteiger partial charge in [-0.3, -0.25) is 0 Å². The van der Waals surface area contributed by atoms with E-state index in [4.69, 9.17) is 0 Å². The van der Waals surface area contributed by atoms with Gasteiger partial charge in [0, 0.05) is 23.5 Å². The van der Waals surface area contributed by atoms with Gasteiger partial charge in [0.05, 0.1) is 0 Å². The van der Waals surface area contributed by atoms with Crippen LogP contribution in [0.3, 0.4) is 0 Å². The Balaban J connectivity index is 1.85. The molecule has 2 nitrogen and oxygen atoms in total. The number of nitrogens with one attached hydrogen (secondary N) is 1. The van der Waals surface area contributed by atoms with E-state index in [1.54, 1.807) is 0 Å². The summed E-state index contributed by atoms with van der Waals surface area (Å²) in [6.45, 7) is 5.46. The van der Waals surface area contributed by atoms with Crippen LogP contribution in [0.1, 0.15) is 38.3 Å². The molecule has 1 aliphatic carbocycles. The zero-order chi connectivity index (χ0) is 13.5. The first-order chi connectivity index (χ1) is 9.09. The highest BCUT2D eigenvalue weighted by Gasteiger charge is 2.37. The fourth-order valence-corrected chi connectivity index (χ4v) is 2.52. The maximum absolute atomic E-state index is 10.4. The zero-order valence-electron chi connectivity index (χ0n) is 11.6. The molecule has 0 bridgehead atoms. The molecule has 0 spiro atoms. The van der Waals surface area contributed by atoms with Gasteiger partial charge in [-0.05, 0) is 30.6 Å². The van der Waals surface area contributed by atoms with E-state index in [-0.39, 0.29) is 6.04 Å². The van der Waals surface area contributed by atoms with Crippen LogP contribution in [0, 0.1) is 5.41 Å². The molecule has 3 rings (SSSR count). The first-order valence-corrected chi connectivity index (χ1v) is 7.03. The van der Waals surface area contributed by atoms with Gasteiger partial charge in [0.1, 0.15) is 5.75 Å². The van der Waals surface area contributed by atoms with E-state index in [1.165, 1.54) is 12.8 Å². The number of hydrogen-bond acceptors (Lipinski definition) is 2. The Bertz CT molecular complexity index is 601. The second-order valence-electron chi connectivity index (χ2n) is 6.14. The standard InChI is InChI=1S/C17H21NO/c1-12(18-11-17(2)9-10-17)14-8-7-13-5-3-4-6-15(13)16(14)19/h3-8,12,18-19H,9-11H2,1-2H3. The summed E-state index contributed by atoms with van der Waals surface area (Å²) in [6, 6.07) is 12.3. The SMILES string of the molecule is CC(NCC1(C)CC1)c1ccc2ccccc2c1O. The Morgan fingerprint density at radius 1 is 1.21 bits per heavy atom. The number of fused-ring (bicyclic) bond motifs is 1. The maximum Gasteiger partial charge on any atom is 0.128 e. The van der Waals surface area contributed by atoms with E-state index in [0.29, 0.717) is 11.2 Å². The number of aromatic hydroxyl groups is 1. The summed E-state index contributed by atoms with van der Waals surface area (Å²) >= 11 is 0. The third-order valence-corrected chi connectivity index (χ3v) is 4.34. The Kier molecular flexibility index (Phi) is 2.98. The van der Waals surface area contributed by atoms with Crippen molar-refractivity contribution in [1.82, 2.24) is 5.32 Å². The van der Waals surface area contributed by atoms with E-state index in [1.807, 2.05) is 30.3 Å². The van der Waals surface area contributed by atoms with Gasteiger partial charge in [0.2, 0.25) is 0 Å². The molecule has 100 valence electrons. The van der Waals surface area contributed by atoms with Crippen molar-refractivity contribution < 1.29 is 5.11 Å². The topological polar surface area (TPSA) is 32.3 Å². The first kappa shape index (κ1) is 12.5. The summed E-state index contributed by atoms with van der Waals surface area (Å²) in [4.78, 5) is 0. The van der Waals surface area contributed by atoms with Crippen LogP contribution in [-0.2, 0) is 0 Å². The first-order valence-electron chi connectivity index (χ1n) is 7.03. The normalized spacial score (nSPS) is 18.4. The lowest BCUT2D eigenvalue weighted by Gasteiger charge is -2.19. The number of hydrogen-bond donors (Lipinski definition) is 2. The monoisotopic (exact) mass is 255 g/mol. The molecule has 0 aromatic heterocycles. The average molecular weight is 255 g/mol. The Hall–Kier alpha value is -1.54. The van der Waals surface area contributed by atoms with Gasteiger partial charge in [0.15, 0.2) is 0 Å². The molecule has 1 fully saturated rings. The van der Waals surface area contributed by atoms with Crippen molar-refractivity contribution in [2.75, 3.05) is 6.54 Å². The lowest BCUT2D eigenvalue weighted by atomic mass is 10.0. The number of phenolic OH excluding ortho intramolecular Hbond substituents is 1. The number of rotatable bonds is 4. The smallest absolute Gasteiger partial charge is 0.128 e. The lowest BCUT2D eigenvalue weighted by molar-refractivity contribution is 0.432. The van der Waals surface area contributed by atoms with Crippen molar-refractivity contribution in [2.24, 2.45) is 5.41 Å². The predicted octanol–water partition coefficient (Wildman–Crippen LogP) is 4.00. The molecule has 1 aliphatic rings. The van der Waals surface area contributed by atoms with Crippen LogP contribution in [0.25, 0.3) is 10.8 Å². The van der Waals surface area contributed by atoms with Crippen LogP contribution in [0.2, 0.25) is 0 Å². The minimum Gasteiger partial charge on any atom is -0.507 e. The summed E-state index contributed by atoms with van der Waals surface area (Å²) in [5.74, 6) is 0.416. The van der Waals surface area contributed by atoms with E-state index in [0.717, 1.165) is 22.9 Å². The Morgan fingerprint density at radius 2 is 1.95 bits per heavy atom. The van der Waals surface area contributed by atoms with Gasteiger partial charge in [-0.15, -0.1) is 0 Å². The molecular weight excluding hydrogens is 234 g/mol. The second kappa shape index (κ2) is 4.53. The minimum atomic E-state index is 0.182. The third kappa shape index (κ3) is 2.45. The highest BCUT2D eigenvalue weighted by molar-refractivity contribution is 5.89. The van der Waals surface area contributed by atoms with Gasteiger partial charge in [-0.1, -0.05) is 43.3 Å². The fourth-order valence-electron chi connectivity index (χ4n) is 2.52. The molecular formula is C17H21NO. The molecule has 0 aliphatic heterocycles. The summed E-state index contributed by atoms with van der Waals surface area (Å²) in [5, 5.41) is 16.0. The van der Waals surface area contributed by atoms with E-state index < -0.39 is 0 Å². The average Bonchev–Trinajstić information content (AvgIpc) is 3.15. The van der Waals surface area contributed by atoms with Crippen molar-refractivity contribution in [3.8, 4) is 5.75 Å². The minimum absolute atomic E-state index is 0.182. The summed E-state index contributed by atoms with van der Waals surface area (Å²) in [6.07, 6.45) is 2.63. The summed E-state index contributed by atoms with van der Waals surface area (Å²) in [7, 11) is 0. The fraction of sp³-hybridized carbons (Fsp3) is 0.412. The molecule has 0 amide bonds. The highest BCUT2D eigenvalue weighted by atomic mass is 16.3. The van der Waals surface area contributed by atoms with Crippen LogP contribution in [-0.4, -0.2) is 11.7 Å². The van der Waals surface area contributed by atoms with Crippen molar-refractivity contribution in [2.45, 2.75) is 32.7 Å². The molecule has 0 radical (unpaired) electrons. The molecule has 2 N–H and O–H groups in total. The second-order valence-corrected chi connectivity index (χ2v) is 6.14. The molecule has 1 unspecified atom stereocenters. The van der Waals surface area contributed by atoms with E-state index in [2.05, 4.69) is 25.2 Å². The van der Waals surface area contributed by atoms with Gasteiger partial charge >= 0.3 is 0 Å². The van der Waals surface area contributed by atoms with Crippen molar-refractivity contribution in [3.63, 3.8) is 0 Å². The molecule has 2 heteroatoms. The van der Waals surface area contributed by atoms with Crippen LogP contribution in [0.5, 0.6) is 5.75 Å². The largest absolute Gasteiger partial charge is 0.507 e. The third-order valence-electron chi connectivity index (χ3n) is 4.34. The van der Waals surface area contributed by atoms with Gasteiger partial charge in [-0.25, -0.2) is 0 Å². The summed E-state index contributed by atoms with van der Waals surface area (Å²) < 4.78 is 0. The molecule has 1 saturated carbocycles. The van der Waals surface area contributed by atoms with Crippen molar-refractivity contribution >= 4 is 10.8 Å². The molecule has 2 aromatic carbocycles. The molecule has 19 heavy (non-hydrogen) atoms. The van der Waals surface area contributed by atoms with Crippen LogP contribution in [0.15, 0.2) is 36.4 Å². The van der Waals surface area contributed by atoms with Gasteiger partial charge in [0.25, 0.3) is 0 Å². The Morgan fingerprint density at radius 3 is 2.68 bits per heavy atom. The summed E-state index contributed by atoms with van der Waals surface area (Å²) in [5.41, 5.74) is 1.48. The van der Waals surface area contributed by atoms with E-state index >= 15 is 0 Å². The molecule has 0 saturated heterocycles. The van der Waals surface area contributed by atoms with E-state index in [9.17, 15) is 5.11 Å². The van der Waals surface area contributed by atoms with Crippen molar-refractivity contribution in [3.05, 3.63) is 42.0 Å². The highest BCUT2D eigenvalue weighted by Crippen LogP contribution is 2.44. The molecule has 1 atom stereocenters.